The Balaban J connectivity index is 2.29. The average molecular weight is 352 g/mol. The zero-order chi connectivity index (χ0) is 14.7. The summed E-state index contributed by atoms with van der Waals surface area (Å²) in [5.74, 6) is -1.03. The normalized spacial score (nSPS) is 9.85. The van der Waals surface area contributed by atoms with Crippen molar-refractivity contribution in [1.82, 2.24) is 0 Å². The van der Waals surface area contributed by atoms with Gasteiger partial charge in [0.15, 0.2) is 0 Å². The molecular weight excluding hydrogens is 344 g/mol. The van der Waals surface area contributed by atoms with Crippen LogP contribution in [-0.2, 0) is 0 Å². The predicted octanol–water partition coefficient (Wildman–Crippen LogP) is 4.42. The molecule has 0 aliphatic heterocycles. The van der Waals surface area contributed by atoms with Gasteiger partial charge in [-0.1, -0.05) is 11.6 Å². The quantitative estimate of drug-likeness (QED) is 0.858. The summed E-state index contributed by atoms with van der Waals surface area (Å²) in [6.45, 7) is 0. The smallest absolute Gasteiger partial charge is 0.335 e. The third kappa shape index (κ3) is 3.10. The minimum Gasteiger partial charge on any atom is -0.478 e. The van der Waals surface area contributed by atoms with E-state index in [4.69, 9.17) is 22.0 Å². The molecule has 0 radical (unpaired) electrons. The van der Waals surface area contributed by atoms with E-state index >= 15 is 0 Å². The molecule has 2 aromatic carbocycles. The van der Waals surface area contributed by atoms with Crippen LogP contribution in [0.3, 0.4) is 0 Å². The number of nitriles is 1. The summed E-state index contributed by atoms with van der Waals surface area (Å²) in [6.07, 6.45) is 0. The average Bonchev–Trinajstić information content (AvgIpc) is 2.41. The van der Waals surface area contributed by atoms with Gasteiger partial charge in [-0.15, -0.1) is 0 Å². The highest BCUT2D eigenvalue weighted by Gasteiger charge is 2.08. The van der Waals surface area contributed by atoms with Gasteiger partial charge in [-0.25, -0.2) is 4.79 Å². The van der Waals surface area contributed by atoms with Crippen molar-refractivity contribution in [3.63, 3.8) is 0 Å². The summed E-state index contributed by atoms with van der Waals surface area (Å²) in [6, 6.07) is 11.7. The molecule has 0 heterocycles. The van der Waals surface area contributed by atoms with Gasteiger partial charge in [0.05, 0.1) is 21.8 Å². The largest absolute Gasteiger partial charge is 0.478 e. The molecule has 6 heteroatoms. The molecule has 0 aliphatic rings. The lowest BCUT2D eigenvalue weighted by molar-refractivity contribution is 0.0697. The third-order valence-corrected chi connectivity index (χ3v) is 3.55. The van der Waals surface area contributed by atoms with Crippen LogP contribution in [0.5, 0.6) is 0 Å². The SMILES string of the molecule is N#Cc1ccc(Nc2ccc(C(=O)O)cc2Cl)cc1Br. The van der Waals surface area contributed by atoms with Crippen molar-refractivity contribution in [2.75, 3.05) is 5.32 Å². The van der Waals surface area contributed by atoms with E-state index in [9.17, 15) is 4.79 Å². The standard InChI is InChI=1S/C14H8BrClN2O2/c15-11-6-10(3-1-9(11)7-17)18-13-4-2-8(14(19)20)5-12(13)16/h1-6,18H,(H,19,20). The van der Waals surface area contributed by atoms with Crippen LogP contribution in [0.2, 0.25) is 5.02 Å². The maximum absolute atomic E-state index is 10.8. The summed E-state index contributed by atoms with van der Waals surface area (Å²) in [7, 11) is 0. The van der Waals surface area contributed by atoms with E-state index in [0.717, 1.165) is 5.69 Å². The Morgan fingerprint density at radius 2 is 2.05 bits per heavy atom. The molecule has 0 spiro atoms. The van der Waals surface area contributed by atoms with Crippen molar-refractivity contribution in [1.29, 1.82) is 5.26 Å². The van der Waals surface area contributed by atoms with E-state index in [1.807, 2.05) is 0 Å². The van der Waals surface area contributed by atoms with Gasteiger partial charge < -0.3 is 10.4 Å². The molecule has 2 rings (SSSR count). The number of hydrogen-bond donors (Lipinski definition) is 2. The maximum Gasteiger partial charge on any atom is 0.335 e. The Kier molecular flexibility index (Phi) is 4.28. The van der Waals surface area contributed by atoms with E-state index in [1.54, 1.807) is 24.3 Å². The number of halogens is 2. The van der Waals surface area contributed by atoms with Crippen molar-refractivity contribution in [3.8, 4) is 6.07 Å². The molecule has 0 aromatic heterocycles. The van der Waals surface area contributed by atoms with Gasteiger partial charge in [0.2, 0.25) is 0 Å². The van der Waals surface area contributed by atoms with Crippen LogP contribution < -0.4 is 5.32 Å². The third-order valence-electron chi connectivity index (χ3n) is 2.58. The highest BCUT2D eigenvalue weighted by molar-refractivity contribution is 9.10. The van der Waals surface area contributed by atoms with Gasteiger partial charge >= 0.3 is 5.97 Å². The lowest BCUT2D eigenvalue weighted by atomic mass is 10.2. The zero-order valence-corrected chi connectivity index (χ0v) is 12.4. The van der Waals surface area contributed by atoms with Crippen LogP contribution in [-0.4, -0.2) is 11.1 Å². The molecule has 0 fully saturated rings. The van der Waals surface area contributed by atoms with E-state index in [0.29, 0.717) is 20.7 Å². The molecule has 0 unspecified atom stereocenters. The number of carbonyl (C=O) groups is 1. The van der Waals surface area contributed by atoms with Crippen LogP contribution in [0.15, 0.2) is 40.9 Å². The van der Waals surface area contributed by atoms with Crippen LogP contribution in [0.4, 0.5) is 11.4 Å². The van der Waals surface area contributed by atoms with Gasteiger partial charge in [-0.2, -0.15) is 5.26 Å². The van der Waals surface area contributed by atoms with Crippen LogP contribution >= 0.6 is 27.5 Å². The van der Waals surface area contributed by atoms with Gasteiger partial charge in [0.25, 0.3) is 0 Å². The second kappa shape index (κ2) is 5.95. The summed E-state index contributed by atoms with van der Waals surface area (Å²) in [4.78, 5) is 10.8. The second-order valence-corrected chi connectivity index (χ2v) is 5.19. The van der Waals surface area contributed by atoms with Crippen LogP contribution in [0.25, 0.3) is 0 Å². The lowest BCUT2D eigenvalue weighted by Crippen LogP contribution is -1.98. The fourth-order valence-corrected chi connectivity index (χ4v) is 2.28. The molecule has 0 atom stereocenters. The first kappa shape index (κ1) is 14.4. The monoisotopic (exact) mass is 350 g/mol. The summed E-state index contributed by atoms with van der Waals surface area (Å²) in [5.41, 5.74) is 1.98. The van der Waals surface area contributed by atoms with Crippen molar-refractivity contribution in [2.45, 2.75) is 0 Å². The topological polar surface area (TPSA) is 73.1 Å². The molecule has 4 nitrogen and oxygen atoms in total. The Hall–Kier alpha value is -2.03. The first-order chi connectivity index (χ1) is 9.51. The summed E-state index contributed by atoms with van der Waals surface area (Å²) < 4.78 is 0.670. The number of nitrogens with zero attached hydrogens (tertiary/aromatic N) is 1. The fraction of sp³-hybridized carbons (Fsp3) is 0. The van der Waals surface area contributed by atoms with Crippen molar-refractivity contribution < 1.29 is 9.90 Å². The predicted molar refractivity (Wildman–Crippen MR) is 80.6 cm³/mol. The number of carboxylic acid groups (broad SMARTS) is 1. The minimum atomic E-state index is -1.03. The number of carboxylic acids is 1. The van der Waals surface area contributed by atoms with Crippen molar-refractivity contribution in [2.24, 2.45) is 0 Å². The number of benzene rings is 2. The molecule has 0 saturated carbocycles. The number of nitrogens with one attached hydrogen (secondary N) is 1. The molecule has 20 heavy (non-hydrogen) atoms. The first-order valence-electron chi connectivity index (χ1n) is 5.51. The number of hydrogen-bond acceptors (Lipinski definition) is 3. The number of anilines is 2. The maximum atomic E-state index is 10.8. The minimum absolute atomic E-state index is 0.126. The Labute approximate surface area is 128 Å². The molecule has 0 amide bonds. The number of rotatable bonds is 3. The first-order valence-corrected chi connectivity index (χ1v) is 6.68. The van der Waals surface area contributed by atoms with Crippen LogP contribution in [0, 0.1) is 11.3 Å². The van der Waals surface area contributed by atoms with Gasteiger partial charge in [-0.3, -0.25) is 0 Å². The number of aromatic carboxylic acids is 1. The van der Waals surface area contributed by atoms with E-state index < -0.39 is 5.97 Å². The van der Waals surface area contributed by atoms with Gasteiger partial charge in [0.1, 0.15) is 6.07 Å². The lowest BCUT2D eigenvalue weighted by Gasteiger charge is -2.10. The highest BCUT2D eigenvalue weighted by Crippen LogP contribution is 2.28. The molecule has 2 N–H and O–H groups in total. The molecule has 2 aromatic rings. The van der Waals surface area contributed by atoms with Crippen molar-refractivity contribution >= 4 is 44.9 Å². The Morgan fingerprint density at radius 3 is 2.60 bits per heavy atom. The molecule has 0 aliphatic carbocycles. The second-order valence-electron chi connectivity index (χ2n) is 3.93. The zero-order valence-electron chi connectivity index (χ0n) is 10.0. The molecule has 0 bridgehead atoms. The van der Waals surface area contributed by atoms with E-state index in [1.165, 1.54) is 12.1 Å². The van der Waals surface area contributed by atoms with Crippen molar-refractivity contribution in [3.05, 3.63) is 57.0 Å². The Bertz CT molecular complexity index is 726. The fourth-order valence-electron chi connectivity index (χ4n) is 1.59. The molecule has 0 saturated heterocycles. The summed E-state index contributed by atoms with van der Waals surface area (Å²) >= 11 is 9.33. The summed E-state index contributed by atoms with van der Waals surface area (Å²) in [5, 5.41) is 21.1. The van der Waals surface area contributed by atoms with E-state index in [2.05, 4.69) is 27.3 Å². The van der Waals surface area contributed by atoms with E-state index in [-0.39, 0.29) is 5.56 Å². The van der Waals surface area contributed by atoms with Gasteiger partial charge in [0, 0.05) is 10.2 Å². The molecular formula is C14H8BrClN2O2. The highest BCUT2D eigenvalue weighted by atomic mass is 79.9. The van der Waals surface area contributed by atoms with Gasteiger partial charge in [-0.05, 0) is 52.3 Å². The molecule has 100 valence electrons. The Morgan fingerprint density at radius 1 is 1.30 bits per heavy atom. The van der Waals surface area contributed by atoms with Crippen LogP contribution in [0.1, 0.15) is 15.9 Å².